The Morgan fingerprint density at radius 2 is 1.83 bits per heavy atom. The number of nitrogens with zero attached hydrogens (tertiary/aromatic N) is 2. The minimum absolute atomic E-state index is 0.0985. The van der Waals surface area contributed by atoms with E-state index in [0.717, 1.165) is 11.1 Å². The zero-order valence-electron chi connectivity index (χ0n) is 29.7. The highest BCUT2D eigenvalue weighted by Crippen LogP contribution is 2.45. The van der Waals surface area contributed by atoms with E-state index >= 15 is 0 Å². The van der Waals surface area contributed by atoms with Gasteiger partial charge in [-0.3, -0.25) is 24.0 Å². The first kappa shape index (κ1) is 37.2. The predicted molar refractivity (Wildman–Crippen MR) is 187 cm³/mol. The Bertz CT molecular complexity index is 1770. The van der Waals surface area contributed by atoms with Gasteiger partial charge < -0.3 is 29.7 Å². The summed E-state index contributed by atoms with van der Waals surface area (Å²) in [4.78, 5) is 71.1. The predicted octanol–water partition coefficient (Wildman–Crippen LogP) is 2.65. The number of nitrogens with one attached hydrogen (secondary N) is 3. The van der Waals surface area contributed by atoms with E-state index in [4.69, 9.17) is 14.2 Å². The molecule has 2 aliphatic carbocycles. The van der Waals surface area contributed by atoms with Crippen molar-refractivity contribution in [2.24, 2.45) is 11.3 Å². The van der Waals surface area contributed by atoms with Gasteiger partial charge in [-0.15, -0.1) is 6.58 Å². The van der Waals surface area contributed by atoms with Crippen LogP contribution in [0.3, 0.4) is 0 Å². The molecule has 5 amide bonds. The van der Waals surface area contributed by atoms with Gasteiger partial charge in [-0.2, -0.15) is 0 Å². The van der Waals surface area contributed by atoms with Crippen molar-refractivity contribution < 1.29 is 46.6 Å². The average molecular weight is 742 g/mol. The van der Waals surface area contributed by atoms with Gasteiger partial charge in [-0.05, 0) is 60.8 Å². The molecule has 5 bridgehead atoms. The van der Waals surface area contributed by atoms with Crippen molar-refractivity contribution in [1.82, 2.24) is 25.2 Å². The summed E-state index contributed by atoms with van der Waals surface area (Å²) in [6, 6.07) is 3.24. The van der Waals surface area contributed by atoms with Crippen molar-refractivity contribution >= 4 is 39.9 Å². The van der Waals surface area contributed by atoms with Gasteiger partial charge in [0.25, 0.3) is 5.91 Å². The van der Waals surface area contributed by atoms with E-state index < -0.39 is 80.2 Å². The largest absolute Gasteiger partial charge is 0.490 e. The van der Waals surface area contributed by atoms with Crippen molar-refractivity contribution in [2.45, 2.75) is 101 Å². The van der Waals surface area contributed by atoms with Crippen LogP contribution < -0.4 is 20.1 Å². The molecule has 0 spiro atoms. The lowest BCUT2D eigenvalue weighted by Crippen LogP contribution is -2.60. The fraction of sp³-hybridized carbons (Fsp3) is 0.583. The van der Waals surface area contributed by atoms with Gasteiger partial charge in [-0.1, -0.05) is 45.1 Å². The highest BCUT2D eigenvalue weighted by atomic mass is 32.2. The summed E-state index contributed by atoms with van der Waals surface area (Å²) >= 11 is 0. The number of rotatable bonds is 6. The normalized spacial score (nSPS) is 29.0. The highest BCUT2D eigenvalue weighted by molar-refractivity contribution is 7.91. The number of fused-ring (bicyclic) bond motifs is 4. The number of sulfonamides is 1. The van der Waals surface area contributed by atoms with E-state index in [1.54, 1.807) is 20.8 Å². The van der Waals surface area contributed by atoms with Crippen LogP contribution in [0.5, 0.6) is 5.75 Å². The van der Waals surface area contributed by atoms with E-state index in [1.807, 2.05) is 30.4 Å². The van der Waals surface area contributed by atoms with Gasteiger partial charge in [0, 0.05) is 25.4 Å². The second-order valence-corrected chi connectivity index (χ2v) is 17.2. The van der Waals surface area contributed by atoms with Crippen LogP contribution in [0.4, 0.5) is 9.59 Å². The molecule has 1 saturated heterocycles. The molecular weight excluding hydrogens is 694 g/mol. The molecule has 1 unspecified atom stereocenters. The first-order chi connectivity index (χ1) is 24.6. The number of cyclic esters (lactones) is 1. The zero-order valence-corrected chi connectivity index (χ0v) is 30.5. The molecule has 6 rings (SSSR count). The maximum atomic E-state index is 14.4. The molecule has 0 aromatic heterocycles. The van der Waals surface area contributed by atoms with Crippen LogP contribution in [0.15, 0.2) is 43.0 Å². The third-order valence-electron chi connectivity index (χ3n) is 10.2. The Balaban J connectivity index is 1.25. The molecule has 3 fully saturated rings. The van der Waals surface area contributed by atoms with Crippen molar-refractivity contribution in [3.63, 3.8) is 0 Å². The molecular formula is C36H47N5O10S. The van der Waals surface area contributed by atoms with Crippen molar-refractivity contribution in [2.75, 3.05) is 19.8 Å². The molecule has 3 heterocycles. The quantitative estimate of drug-likeness (QED) is 0.366. The molecule has 0 radical (unpaired) electrons. The van der Waals surface area contributed by atoms with Crippen LogP contribution in [0.1, 0.15) is 70.4 Å². The number of benzene rings is 1. The van der Waals surface area contributed by atoms with Crippen molar-refractivity contribution in [3.8, 4) is 5.75 Å². The summed E-state index contributed by atoms with van der Waals surface area (Å²) in [7, 11) is -3.91. The number of hydrogen-bond donors (Lipinski definition) is 3. The van der Waals surface area contributed by atoms with Gasteiger partial charge in [0.2, 0.25) is 21.8 Å². The monoisotopic (exact) mass is 741 g/mol. The molecule has 16 heteroatoms. The average Bonchev–Trinajstić information content (AvgIpc) is 3.98. The molecule has 52 heavy (non-hydrogen) atoms. The molecule has 1 aromatic carbocycles. The van der Waals surface area contributed by atoms with Crippen LogP contribution in [0.2, 0.25) is 0 Å². The van der Waals surface area contributed by atoms with Crippen LogP contribution in [0, 0.1) is 11.3 Å². The van der Waals surface area contributed by atoms with Gasteiger partial charge in [0.05, 0.1) is 18.4 Å². The Labute approximate surface area is 303 Å². The Morgan fingerprint density at radius 3 is 2.52 bits per heavy atom. The fourth-order valence-corrected chi connectivity index (χ4v) is 8.24. The van der Waals surface area contributed by atoms with Gasteiger partial charge in [0.1, 0.15) is 36.1 Å². The van der Waals surface area contributed by atoms with Crippen LogP contribution in [-0.4, -0.2) is 96.9 Å². The maximum absolute atomic E-state index is 14.4. The topological polar surface area (TPSA) is 190 Å². The lowest BCUT2D eigenvalue weighted by atomic mass is 9.85. The van der Waals surface area contributed by atoms with Crippen molar-refractivity contribution in [1.29, 1.82) is 0 Å². The Kier molecular flexibility index (Phi) is 10.3. The smallest absolute Gasteiger partial charge is 0.410 e. The molecule has 3 N–H and O–H groups in total. The van der Waals surface area contributed by atoms with Gasteiger partial charge >= 0.3 is 12.2 Å². The first-order valence-electron chi connectivity index (χ1n) is 17.7. The number of carbonyl (C=O) groups is 5. The van der Waals surface area contributed by atoms with E-state index in [9.17, 15) is 32.4 Å². The van der Waals surface area contributed by atoms with Crippen LogP contribution in [0.25, 0.3) is 0 Å². The van der Waals surface area contributed by atoms with E-state index in [0.29, 0.717) is 44.6 Å². The number of amides is 5. The molecule has 5 aliphatic rings. The standard InChI is InChI=1S/C36H47N5O10S/c1-5-24-18-36(24,32(44)39-52(47,48)27-12-13-27)38-30(42)28-17-26-21-41(28)31(43)29(35(2,3)4)37-33(45)50-15-9-7-6-8-14-49-25-11-10-22-19-40(34(46)51-26)20-23(22)16-25/h5-6,8,10-11,16,24,26-29H,1,7,9,12-15,17-21H2,2-4H3,(H,37,45)(H,38,42)(H,39,44)/b8-6+/t24-,26+,28?,29+,36-/m0/s1. The van der Waals surface area contributed by atoms with Crippen LogP contribution in [-0.2, 0) is 47.0 Å². The lowest BCUT2D eigenvalue weighted by molar-refractivity contribution is -0.142. The zero-order chi connectivity index (χ0) is 37.4. The van der Waals surface area contributed by atoms with Gasteiger partial charge in [-0.25, -0.2) is 18.0 Å². The summed E-state index contributed by atoms with van der Waals surface area (Å²) in [5.41, 5.74) is -0.576. The second-order valence-electron chi connectivity index (χ2n) is 15.2. The summed E-state index contributed by atoms with van der Waals surface area (Å²) in [6.45, 7) is 9.86. The second kappa shape index (κ2) is 14.4. The molecule has 15 nitrogen and oxygen atoms in total. The van der Waals surface area contributed by atoms with E-state index in [1.165, 1.54) is 15.9 Å². The summed E-state index contributed by atoms with van der Waals surface area (Å²) in [6.07, 6.45) is 4.98. The molecule has 3 aliphatic heterocycles. The number of hydrogen-bond acceptors (Lipinski definition) is 10. The molecule has 282 valence electrons. The van der Waals surface area contributed by atoms with Gasteiger partial charge in [0.15, 0.2) is 0 Å². The maximum Gasteiger partial charge on any atom is 0.410 e. The number of carbonyl (C=O) groups excluding carboxylic acids is 5. The fourth-order valence-electron chi connectivity index (χ4n) is 6.87. The SMILES string of the molecule is C=C[C@H]1C[C@@]1(NC(=O)C1C[C@@H]2CN1C(=O)[C@H](C(C)(C)C)NC(=O)OCCC/C=C/COc1ccc3c(c1)CN(C3)C(=O)O2)C(=O)NS(=O)(=O)C1CC1. The lowest BCUT2D eigenvalue weighted by Gasteiger charge is -2.35. The van der Waals surface area contributed by atoms with E-state index in [-0.39, 0.29) is 32.5 Å². The third kappa shape index (κ3) is 8.06. The molecule has 2 saturated carbocycles. The minimum atomic E-state index is -3.91. The minimum Gasteiger partial charge on any atom is -0.490 e. The number of allylic oxidation sites excluding steroid dienone is 1. The number of ether oxygens (including phenoxy) is 3. The highest BCUT2D eigenvalue weighted by Gasteiger charge is 2.62. The summed E-state index contributed by atoms with van der Waals surface area (Å²) in [5, 5.41) is 4.74. The van der Waals surface area contributed by atoms with Crippen LogP contribution >= 0.6 is 0 Å². The molecule has 1 aromatic rings. The molecule has 5 atom stereocenters. The Morgan fingerprint density at radius 1 is 1.08 bits per heavy atom. The summed E-state index contributed by atoms with van der Waals surface area (Å²) in [5.74, 6) is -2.11. The van der Waals surface area contributed by atoms with Crippen molar-refractivity contribution in [3.05, 3.63) is 54.1 Å². The number of alkyl carbamates (subject to hydrolysis) is 1. The Hall–Kier alpha value is -4.60. The first-order valence-corrected chi connectivity index (χ1v) is 19.3. The van der Waals surface area contributed by atoms with E-state index in [2.05, 4.69) is 21.9 Å². The third-order valence-corrected chi connectivity index (χ3v) is 12.0. The summed E-state index contributed by atoms with van der Waals surface area (Å²) < 4.78 is 44.6.